The van der Waals surface area contributed by atoms with Crippen LogP contribution in [0.25, 0.3) is 0 Å². The van der Waals surface area contributed by atoms with Crippen LogP contribution in [0.1, 0.15) is 18.4 Å². The van der Waals surface area contributed by atoms with E-state index in [2.05, 4.69) is 5.32 Å². The van der Waals surface area contributed by atoms with E-state index in [0.29, 0.717) is 16.5 Å². The van der Waals surface area contributed by atoms with Gasteiger partial charge in [0.1, 0.15) is 5.75 Å². The Hall–Kier alpha value is -2.00. The first-order valence-electron chi connectivity index (χ1n) is 6.31. The highest BCUT2D eigenvalue weighted by Gasteiger charge is 2.16. The summed E-state index contributed by atoms with van der Waals surface area (Å²) in [5, 5.41) is 3.40. The molecule has 2 rings (SSSR count). The number of anilines is 1. The number of ether oxygens (including phenoxy) is 1. The molecule has 1 N–H and O–H groups in total. The van der Waals surface area contributed by atoms with Gasteiger partial charge in [-0.05, 0) is 30.7 Å². The Morgan fingerprint density at radius 2 is 1.90 bits per heavy atom. The molecule has 20 heavy (non-hydrogen) atoms. The third-order valence-corrected chi connectivity index (χ3v) is 3.35. The van der Waals surface area contributed by atoms with Crippen LogP contribution in [0.5, 0.6) is 5.75 Å². The second-order valence-corrected chi connectivity index (χ2v) is 4.90. The maximum Gasteiger partial charge on any atom is 0.231 e. The molecule has 0 aromatic heterocycles. The zero-order chi connectivity index (χ0) is 14.5. The smallest absolute Gasteiger partial charge is 0.231 e. The molecule has 0 aliphatic rings. The quantitative estimate of drug-likeness (QED) is 0.920. The zero-order valence-corrected chi connectivity index (χ0v) is 12.1. The Balaban J connectivity index is 2.18. The summed E-state index contributed by atoms with van der Waals surface area (Å²) in [4.78, 5) is 12.3. The van der Waals surface area contributed by atoms with Crippen LogP contribution in [0, 0.1) is 0 Å². The SMILES string of the molecule is COc1ccc(Cl)cc1NC(=O)[C@@H](C)c1ccccc1. The number of benzene rings is 2. The van der Waals surface area contributed by atoms with Crippen LogP contribution in [0.3, 0.4) is 0 Å². The maximum absolute atomic E-state index is 12.3. The van der Waals surface area contributed by atoms with E-state index >= 15 is 0 Å². The zero-order valence-electron chi connectivity index (χ0n) is 11.4. The van der Waals surface area contributed by atoms with Gasteiger partial charge in [-0.1, -0.05) is 41.9 Å². The third kappa shape index (κ3) is 3.31. The van der Waals surface area contributed by atoms with Gasteiger partial charge in [0.25, 0.3) is 0 Å². The summed E-state index contributed by atoms with van der Waals surface area (Å²) in [5.74, 6) is 0.236. The number of hydrogen-bond donors (Lipinski definition) is 1. The molecule has 0 aliphatic heterocycles. The van der Waals surface area contributed by atoms with Crippen LogP contribution >= 0.6 is 11.6 Å². The van der Waals surface area contributed by atoms with Crippen molar-refractivity contribution in [2.45, 2.75) is 12.8 Å². The molecule has 104 valence electrons. The normalized spacial score (nSPS) is 11.8. The van der Waals surface area contributed by atoms with Gasteiger partial charge >= 0.3 is 0 Å². The van der Waals surface area contributed by atoms with E-state index in [1.165, 1.54) is 0 Å². The van der Waals surface area contributed by atoms with E-state index in [0.717, 1.165) is 5.56 Å². The minimum absolute atomic E-state index is 0.100. The van der Waals surface area contributed by atoms with Gasteiger partial charge in [0.05, 0.1) is 18.7 Å². The molecule has 0 radical (unpaired) electrons. The van der Waals surface area contributed by atoms with Crippen molar-refractivity contribution in [1.82, 2.24) is 0 Å². The standard InChI is InChI=1S/C16H16ClNO2/c1-11(12-6-4-3-5-7-12)16(19)18-14-10-13(17)8-9-15(14)20-2/h3-11H,1-2H3,(H,18,19)/t11-/m0/s1. The van der Waals surface area contributed by atoms with Crippen LogP contribution < -0.4 is 10.1 Å². The maximum atomic E-state index is 12.3. The first-order chi connectivity index (χ1) is 9.61. The number of carbonyl (C=O) groups excluding carboxylic acids is 1. The summed E-state index contributed by atoms with van der Waals surface area (Å²) in [7, 11) is 1.56. The number of halogens is 1. The largest absolute Gasteiger partial charge is 0.495 e. The number of hydrogen-bond acceptors (Lipinski definition) is 2. The summed E-state index contributed by atoms with van der Waals surface area (Å²) >= 11 is 5.95. The average molecular weight is 290 g/mol. The molecule has 1 atom stereocenters. The summed E-state index contributed by atoms with van der Waals surface area (Å²) in [6, 6.07) is 14.7. The van der Waals surface area contributed by atoms with Crippen molar-refractivity contribution in [3.63, 3.8) is 0 Å². The van der Waals surface area contributed by atoms with Crippen LogP contribution in [0.15, 0.2) is 48.5 Å². The van der Waals surface area contributed by atoms with E-state index in [1.54, 1.807) is 25.3 Å². The Morgan fingerprint density at radius 1 is 1.20 bits per heavy atom. The van der Waals surface area contributed by atoms with Gasteiger partial charge < -0.3 is 10.1 Å². The van der Waals surface area contributed by atoms with Crippen LogP contribution in [-0.4, -0.2) is 13.0 Å². The van der Waals surface area contributed by atoms with Crippen LogP contribution in [0.2, 0.25) is 5.02 Å². The Bertz CT molecular complexity index is 599. The van der Waals surface area contributed by atoms with Gasteiger partial charge in [0.15, 0.2) is 0 Å². The number of carbonyl (C=O) groups is 1. The molecule has 3 nitrogen and oxygen atoms in total. The van der Waals surface area contributed by atoms with Crippen molar-refractivity contribution in [1.29, 1.82) is 0 Å². The third-order valence-electron chi connectivity index (χ3n) is 3.11. The Kier molecular flexibility index (Phi) is 4.64. The highest BCUT2D eigenvalue weighted by Crippen LogP contribution is 2.29. The van der Waals surface area contributed by atoms with E-state index in [9.17, 15) is 4.79 Å². The van der Waals surface area contributed by atoms with E-state index in [-0.39, 0.29) is 11.8 Å². The van der Waals surface area contributed by atoms with Gasteiger partial charge in [0.2, 0.25) is 5.91 Å². The molecule has 0 saturated heterocycles. The predicted molar refractivity (Wildman–Crippen MR) is 81.5 cm³/mol. The first-order valence-corrected chi connectivity index (χ1v) is 6.69. The van der Waals surface area contributed by atoms with Crippen LogP contribution in [-0.2, 0) is 4.79 Å². The molecule has 0 fully saturated rings. The van der Waals surface area contributed by atoms with E-state index in [4.69, 9.17) is 16.3 Å². The van der Waals surface area contributed by atoms with Gasteiger partial charge in [-0.2, -0.15) is 0 Å². The lowest BCUT2D eigenvalue weighted by Gasteiger charge is -2.15. The highest BCUT2D eigenvalue weighted by atomic mass is 35.5. The highest BCUT2D eigenvalue weighted by molar-refractivity contribution is 6.31. The molecule has 0 aliphatic carbocycles. The topological polar surface area (TPSA) is 38.3 Å². The van der Waals surface area contributed by atoms with Gasteiger partial charge in [0, 0.05) is 5.02 Å². The first kappa shape index (κ1) is 14.4. The molecule has 2 aromatic rings. The molecule has 0 bridgehead atoms. The lowest BCUT2D eigenvalue weighted by molar-refractivity contribution is -0.117. The number of nitrogens with one attached hydrogen (secondary N) is 1. The number of methoxy groups -OCH3 is 1. The van der Waals surface area contributed by atoms with Crippen molar-refractivity contribution in [2.24, 2.45) is 0 Å². The van der Waals surface area contributed by atoms with Crippen molar-refractivity contribution in [3.05, 3.63) is 59.1 Å². The van der Waals surface area contributed by atoms with Gasteiger partial charge in [-0.15, -0.1) is 0 Å². The summed E-state index contributed by atoms with van der Waals surface area (Å²) < 4.78 is 5.21. The molecule has 0 heterocycles. The van der Waals surface area contributed by atoms with E-state index in [1.807, 2.05) is 37.3 Å². The van der Waals surface area contributed by atoms with Crippen molar-refractivity contribution < 1.29 is 9.53 Å². The van der Waals surface area contributed by atoms with E-state index < -0.39 is 0 Å². The molecule has 4 heteroatoms. The molecular weight excluding hydrogens is 274 g/mol. The fourth-order valence-corrected chi connectivity index (χ4v) is 2.08. The molecular formula is C16H16ClNO2. The molecule has 1 amide bonds. The summed E-state index contributed by atoms with van der Waals surface area (Å²) in [6.45, 7) is 1.86. The molecule has 0 spiro atoms. The Morgan fingerprint density at radius 3 is 2.55 bits per heavy atom. The average Bonchev–Trinajstić information content (AvgIpc) is 2.47. The molecule has 0 saturated carbocycles. The summed E-state index contributed by atoms with van der Waals surface area (Å²) in [6.07, 6.45) is 0. The van der Waals surface area contributed by atoms with Gasteiger partial charge in [-0.25, -0.2) is 0 Å². The predicted octanol–water partition coefficient (Wildman–Crippen LogP) is 4.09. The minimum Gasteiger partial charge on any atom is -0.495 e. The minimum atomic E-state index is -0.250. The number of amides is 1. The summed E-state index contributed by atoms with van der Waals surface area (Å²) in [5.41, 5.74) is 1.54. The second kappa shape index (κ2) is 6.44. The number of rotatable bonds is 4. The van der Waals surface area contributed by atoms with Crippen LogP contribution in [0.4, 0.5) is 5.69 Å². The van der Waals surface area contributed by atoms with Crippen molar-refractivity contribution in [2.75, 3.05) is 12.4 Å². The lowest BCUT2D eigenvalue weighted by atomic mass is 10.0. The van der Waals surface area contributed by atoms with Crippen molar-refractivity contribution >= 4 is 23.2 Å². The monoisotopic (exact) mass is 289 g/mol. The van der Waals surface area contributed by atoms with Gasteiger partial charge in [-0.3, -0.25) is 4.79 Å². The Labute approximate surface area is 123 Å². The fraction of sp³-hybridized carbons (Fsp3) is 0.188. The molecule has 2 aromatic carbocycles. The molecule has 0 unspecified atom stereocenters. The fourth-order valence-electron chi connectivity index (χ4n) is 1.91. The van der Waals surface area contributed by atoms with Crippen molar-refractivity contribution in [3.8, 4) is 5.75 Å². The lowest BCUT2D eigenvalue weighted by Crippen LogP contribution is -2.19. The second-order valence-electron chi connectivity index (χ2n) is 4.47.